The molecule has 4 nitrogen and oxygen atoms in total. The van der Waals surface area contributed by atoms with Gasteiger partial charge >= 0.3 is 11.9 Å². The molecule has 20 heavy (non-hydrogen) atoms. The van der Waals surface area contributed by atoms with Crippen molar-refractivity contribution in [2.24, 2.45) is 0 Å². The van der Waals surface area contributed by atoms with Crippen LogP contribution in [-0.4, -0.2) is 25.2 Å². The van der Waals surface area contributed by atoms with Gasteiger partial charge in [0.05, 0.1) is 13.2 Å². The maximum atomic E-state index is 11.7. The molecule has 0 aromatic heterocycles. The van der Waals surface area contributed by atoms with Crippen LogP contribution in [0.3, 0.4) is 0 Å². The fraction of sp³-hybridized carbons (Fsp3) is 0.250. The molecule has 0 bridgehead atoms. The van der Waals surface area contributed by atoms with Gasteiger partial charge in [-0.15, -0.1) is 0 Å². The van der Waals surface area contributed by atoms with E-state index in [0.717, 1.165) is 5.56 Å². The Kier molecular flexibility index (Phi) is 6.82. The molecule has 0 aliphatic carbocycles. The third-order valence-corrected chi connectivity index (χ3v) is 2.34. The minimum Gasteiger partial charge on any atom is -0.462 e. The average Bonchev–Trinajstić information content (AvgIpc) is 2.45. The van der Waals surface area contributed by atoms with E-state index in [0.29, 0.717) is 0 Å². The molecule has 1 aromatic carbocycles. The molecule has 0 N–H and O–H groups in total. The van der Waals surface area contributed by atoms with Crippen LogP contribution in [0.15, 0.2) is 48.1 Å². The zero-order valence-electron chi connectivity index (χ0n) is 11.7. The number of rotatable bonds is 6. The molecule has 0 heterocycles. The van der Waals surface area contributed by atoms with E-state index >= 15 is 0 Å². The van der Waals surface area contributed by atoms with Crippen LogP contribution in [0.2, 0.25) is 0 Å². The van der Waals surface area contributed by atoms with Gasteiger partial charge < -0.3 is 9.47 Å². The van der Waals surface area contributed by atoms with Gasteiger partial charge in [-0.1, -0.05) is 42.5 Å². The van der Waals surface area contributed by atoms with Crippen molar-refractivity contribution in [3.05, 3.63) is 53.6 Å². The van der Waals surface area contributed by atoms with E-state index in [1.165, 1.54) is 6.08 Å². The number of allylic oxidation sites excluding steroid dienone is 2. The van der Waals surface area contributed by atoms with Gasteiger partial charge in [0.1, 0.15) is 5.57 Å². The minimum atomic E-state index is -0.677. The standard InChI is InChI=1S/C16H18O4/c1-3-19-15(17)14(16(18)20-4-2)12-8-11-13-9-6-5-7-10-13/h5-12H,3-4H2,1-2H3/b11-8+. The van der Waals surface area contributed by atoms with Crippen molar-refractivity contribution in [3.63, 3.8) is 0 Å². The lowest BCUT2D eigenvalue weighted by Gasteiger charge is -2.05. The number of hydrogen-bond donors (Lipinski definition) is 0. The summed E-state index contributed by atoms with van der Waals surface area (Å²) in [7, 11) is 0. The minimum absolute atomic E-state index is 0.110. The summed E-state index contributed by atoms with van der Waals surface area (Å²) in [5.74, 6) is -1.35. The van der Waals surface area contributed by atoms with Crippen molar-refractivity contribution in [1.29, 1.82) is 0 Å². The maximum absolute atomic E-state index is 11.7. The highest BCUT2D eigenvalue weighted by atomic mass is 16.6. The predicted octanol–water partition coefficient (Wildman–Crippen LogP) is 2.75. The van der Waals surface area contributed by atoms with Crippen molar-refractivity contribution in [3.8, 4) is 0 Å². The van der Waals surface area contributed by atoms with Crippen LogP contribution in [0.5, 0.6) is 0 Å². The van der Waals surface area contributed by atoms with Crippen LogP contribution >= 0.6 is 0 Å². The number of carbonyl (C=O) groups excluding carboxylic acids is 2. The second-order valence-electron chi connectivity index (χ2n) is 3.79. The normalized spacial score (nSPS) is 10.1. The molecule has 4 heteroatoms. The molecular formula is C16H18O4. The number of esters is 2. The SMILES string of the molecule is CCOC(=O)C(=C/C=C/c1ccccc1)C(=O)OCC. The molecule has 0 radical (unpaired) electrons. The molecule has 0 unspecified atom stereocenters. The Morgan fingerprint density at radius 3 is 2.05 bits per heavy atom. The molecule has 0 saturated carbocycles. The highest BCUT2D eigenvalue weighted by Gasteiger charge is 2.19. The Bertz CT molecular complexity index is 480. The summed E-state index contributed by atoms with van der Waals surface area (Å²) in [6.45, 7) is 3.77. The molecule has 0 aliphatic rings. The monoisotopic (exact) mass is 274 g/mol. The fourth-order valence-electron chi connectivity index (χ4n) is 1.46. The Morgan fingerprint density at radius 1 is 1.00 bits per heavy atom. The summed E-state index contributed by atoms with van der Waals surface area (Å²) in [4.78, 5) is 23.4. The van der Waals surface area contributed by atoms with E-state index in [-0.39, 0.29) is 18.8 Å². The van der Waals surface area contributed by atoms with E-state index < -0.39 is 11.9 Å². The van der Waals surface area contributed by atoms with Crippen molar-refractivity contribution in [2.45, 2.75) is 13.8 Å². The Labute approximate surface area is 118 Å². The van der Waals surface area contributed by atoms with E-state index in [2.05, 4.69) is 0 Å². The van der Waals surface area contributed by atoms with Gasteiger partial charge in [0.25, 0.3) is 0 Å². The van der Waals surface area contributed by atoms with Gasteiger partial charge in [0.15, 0.2) is 0 Å². The summed E-state index contributed by atoms with van der Waals surface area (Å²) < 4.78 is 9.66. The third kappa shape index (κ3) is 5.10. The maximum Gasteiger partial charge on any atom is 0.345 e. The molecule has 0 fully saturated rings. The number of carbonyl (C=O) groups is 2. The molecule has 0 atom stereocenters. The first-order chi connectivity index (χ1) is 9.69. The fourth-order valence-corrected chi connectivity index (χ4v) is 1.46. The summed E-state index contributed by atoms with van der Waals surface area (Å²) in [6, 6.07) is 9.55. The van der Waals surface area contributed by atoms with E-state index in [9.17, 15) is 9.59 Å². The van der Waals surface area contributed by atoms with Crippen LogP contribution in [0.25, 0.3) is 6.08 Å². The van der Waals surface area contributed by atoms with Gasteiger partial charge in [0.2, 0.25) is 0 Å². The smallest absolute Gasteiger partial charge is 0.345 e. The Hall–Kier alpha value is -2.36. The lowest BCUT2D eigenvalue weighted by Crippen LogP contribution is -2.18. The first-order valence-electron chi connectivity index (χ1n) is 6.46. The Morgan fingerprint density at radius 2 is 1.55 bits per heavy atom. The lowest BCUT2D eigenvalue weighted by atomic mass is 10.2. The van der Waals surface area contributed by atoms with Crippen molar-refractivity contribution >= 4 is 18.0 Å². The predicted molar refractivity (Wildman–Crippen MR) is 76.8 cm³/mol. The van der Waals surface area contributed by atoms with Crippen LogP contribution in [0.4, 0.5) is 0 Å². The highest BCUT2D eigenvalue weighted by Crippen LogP contribution is 2.06. The summed E-state index contributed by atoms with van der Waals surface area (Å²) in [5.41, 5.74) is 0.858. The van der Waals surface area contributed by atoms with Crippen molar-refractivity contribution in [2.75, 3.05) is 13.2 Å². The largest absolute Gasteiger partial charge is 0.462 e. The van der Waals surface area contributed by atoms with Gasteiger partial charge in [-0.2, -0.15) is 0 Å². The molecule has 1 aromatic rings. The second-order valence-corrected chi connectivity index (χ2v) is 3.79. The molecule has 0 aliphatic heterocycles. The third-order valence-electron chi connectivity index (χ3n) is 2.34. The molecule has 0 saturated heterocycles. The van der Waals surface area contributed by atoms with Gasteiger partial charge in [-0.3, -0.25) is 0 Å². The highest BCUT2D eigenvalue weighted by molar-refractivity contribution is 6.14. The lowest BCUT2D eigenvalue weighted by molar-refractivity contribution is -0.146. The zero-order chi connectivity index (χ0) is 14.8. The zero-order valence-corrected chi connectivity index (χ0v) is 11.7. The number of ether oxygens (including phenoxy) is 2. The average molecular weight is 274 g/mol. The van der Waals surface area contributed by atoms with Crippen LogP contribution in [0, 0.1) is 0 Å². The van der Waals surface area contributed by atoms with E-state index in [1.807, 2.05) is 30.3 Å². The molecule has 0 spiro atoms. The quantitative estimate of drug-likeness (QED) is 0.263. The molecule has 106 valence electrons. The topological polar surface area (TPSA) is 52.6 Å². The van der Waals surface area contributed by atoms with Gasteiger partial charge in [-0.25, -0.2) is 9.59 Å². The Balaban J connectivity index is 2.86. The summed E-state index contributed by atoms with van der Waals surface area (Å²) in [6.07, 6.45) is 4.82. The van der Waals surface area contributed by atoms with Crippen LogP contribution in [0.1, 0.15) is 19.4 Å². The van der Waals surface area contributed by atoms with Gasteiger partial charge in [0, 0.05) is 0 Å². The first kappa shape index (κ1) is 15.7. The summed E-state index contributed by atoms with van der Waals surface area (Å²) >= 11 is 0. The summed E-state index contributed by atoms with van der Waals surface area (Å²) in [5, 5.41) is 0. The van der Waals surface area contributed by atoms with Gasteiger partial charge in [-0.05, 0) is 25.5 Å². The van der Waals surface area contributed by atoms with Crippen LogP contribution < -0.4 is 0 Å². The second kappa shape index (κ2) is 8.69. The van der Waals surface area contributed by atoms with E-state index in [4.69, 9.17) is 9.47 Å². The molecule has 1 rings (SSSR count). The van der Waals surface area contributed by atoms with Crippen molar-refractivity contribution < 1.29 is 19.1 Å². The number of benzene rings is 1. The number of hydrogen-bond acceptors (Lipinski definition) is 4. The molecular weight excluding hydrogens is 256 g/mol. The molecule has 0 amide bonds. The first-order valence-corrected chi connectivity index (χ1v) is 6.46. The van der Waals surface area contributed by atoms with Crippen LogP contribution in [-0.2, 0) is 19.1 Å². The van der Waals surface area contributed by atoms with Crippen molar-refractivity contribution in [1.82, 2.24) is 0 Å². The van der Waals surface area contributed by atoms with E-state index in [1.54, 1.807) is 26.0 Å².